The summed E-state index contributed by atoms with van der Waals surface area (Å²) in [5, 5.41) is 7.06. The Kier molecular flexibility index (Phi) is 7.00. The monoisotopic (exact) mass is 424 g/mol. The second kappa shape index (κ2) is 10.1. The summed E-state index contributed by atoms with van der Waals surface area (Å²) < 4.78 is 0. The van der Waals surface area contributed by atoms with Gasteiger partial charge in [0.05, 0.1) is 0 Å². The number of thiocarbonyl (C=S) groups is 1. The van der Waals surface area contributed by atoms with E-state index in [4.69, 9.17) is 22.2 Å². The summed E-state index contributed by atoms with van der Waals surface area (Å²) in [5.41, 5.74) is 2.45. The number of nitrogens with zero attached hydrogens (tertiary/aromatic N) is 4. The van der Waals surface area contributed by atoms with Crippen molar-refractivity contribution in [2.75, 3.05) is 41.3 Å². The molecule has 6 nitrogen and oxygen atoms in total. The van der Waals surface area contributed by atoms with E-state index in [-0.39, 0.29) is 0 Å². The summed E-state index contributed by atoms with van der Waals surface area (Å²) in [6, 6.07) is 10.6. The summed E-state index contributed by atoms with van der Waals surface area (Å²) in [6.07, 6.45) is 7.51. The van der Waals surface area contributed by atoms with Crippen LogP contribution in [0.15, 0.2) is 30.3 Å². The van der Waals surface area contributed by atoms with Gasteiger partial charge in [0.15, 0.2) is 5.11 Å². The number of aryl methyl sites for hydroxylation is 1. The molecule has 1 aromatic heterocycles. The predicted molar refractivity (Wildman–Crippen MR) is 128 cm³/mol. The normalized spacial score (nSPS) is 17.0. The van der Waals surface area contributed by atoms with Crippen LogP contribution < -0.4 is 20.4 Å². The molecule has 160 valence electrons. The Bertz CT molecular complexity index is 839. The number of aromatic nitrogens is 2. The SMILES string of the molecule is Cc1ccc(CNC(=S)Nc2nc(N3CCCCCC3)cc(N3CCCC3)n2)cc1. The van der Waals surface area contributed by atoms with Crippen molar-refractivity contribution >= 4 is 34.9 Å². The van der Waals surface area contributed by atoms with Gasteiger partial charge < -0.3 is 20.4 Å². The molecule has 0 amide bonds. The second-order valence-corrected chi connectivity index (χ2v) is 8.70. The third-order valence-corrected chi connectivity index (χ3v) is 6.10. The van der Waals surface area contributed by atoms with Gasteiger partial charge in [-0.25, -0.2) is 0 Å². The number of rotatable bonds is 5. The van der Waals surface area contributed by atoms with Gasteiger partial charge >= 0.3 is 0 Å². The lowest BCUT2D eigenvalue weighted by atomic mass is 10.1. The molecule has 0 saturated carbocycles. The van der Waals surface area contributed by atoms with Crippen molar-refractivity contribution in [3.05, 3.63) is 41.5 Å². The van der Waals surface area contributed by atoms with Gasteiger partial charge in [-0.1, -0.05) is 42.7 Å². The average Bonchev–Trinajstić information content (AvgIpc) is 3.16. The van der Waals surface area contributed by atoms with Crippen molar-refractivity contribution in [2.45, 2.75) is 52.0 Å². The van der Waals surface area contributed by atoms with E-state index >= 15 is 0 Å². The minimum atomic E-state index is 0.552. The standard InChI is InChI=1S/C23H32N6S/c1-18-8-10-19(11-9-18)17-24-23(30)27-22-25-20(28-12-4-2-3-5-13-28)16-21(26-22)29-14-6-7-15-29/h8-11,16H,2-7,12-15,17H2,1H3,(H2,24,25,26,27,30). The minimum absolute atomic E-state index is 0.552. The van der Waals surface area contributed by atoms with Crippen LogP contribution in [0.1, 0.15) is 49.7 Å². The predicted octanol–water partition coefficient (Wildman–Crippen LogP) is 4.25. The fourth-order valence-electron chi connectivity index (χ4n) is 4.08. The highest BCUT2D eigenvalue weighted by Gasteiger charge is 2.19. The van der Waals surface area contributed by atoms with Gasteiger partial charge in [0.1, 0.15) is 11.6 Å². The smallest absolute Gasteiger partial charge is 0.232 e. The van der Waals surface area contributed by atoms with Gasteiger partial charge in [-0.05, 0) is 50.4 Å². The molecule has 2 aliphatic rings. The first-order valence-corrected chi connectivity index (χ1v) is 11.6. The molecule has 4 rings (SSSR count). The van der Waals surface area contributed by atoms with Crippen molar-refractivity contribution in [2.24, 2.45) is 0 Å². The fourth-order valence-corrected chi connectivity index (χ4v) is 4.25. The van der Waals surface area contributed by atoms with Crippen LogP contribution in [0, 0.1) is 6.92 Å². The van der Waals surface area contributed by atoms with Gasteiger partial charge in [0.25, 0.3) is 0 Å². The summed E-state index contributed by atoms with van der Waals surface area (Å²) >= 11 is 5.53. The van der Waals surface area contributed by atoms with Crippen molar-refractivity contribution < 1.29 is 0 Å². The van der Waals surface area contributed by atoms with E-state index in [2.05, 4.69) is 57.7 Å². The first-order chi connectivity index (χ1) is 14.7. The molecular formula is C23H32N6S. The number of hydrogen-bond donors (Lipinski definition) is 2. The molecular weight excluding hydrogens is 392 g/mol. The van der Waals surface area contributed by atoms with Crippen LogP contribution >= 0.6 is 12.2 Å². The first kappa shape index (κ1) is 20.8. The maximum Gasteiger partial charge on any atom is 0.232 e. The van der Waals surface area contributed by atoms with Gasteiger partial charge in [0, 0.05) is 38.8 Å². The van der Waals surface area contributed by atoms with Crippen LogP contribution in [-0.4, -0.2) is 41.3 Å². The van der Waals surface area contributed by atoms with Gasteiger partial charge in [-0.3, -0.25) is 0 Å². The first-order valence-electron chi connectivity index (χ1n) is 11.2. The van der Waals surface area contributed by atoms with Crippen molar-refractivity contribution in [3.63, 3.8) is 0 Å². The Morgan fingerprint density at radius 1 is 0.867 bits per heavy atom. The van der Waals surface area contributed by atoms with Crippen LogP contribution in [0.3, 0.4) is 0 Å². The average molecular weight is 425 g/mol. The lowest BCUT2D eigenvalue weighted by Crippen LogP contribution is -2.31. The number of hydrogen-bond acceptors (Lipinski definition) is 5. The highest BCUT2D eigenvalue weighted by molar-refractivity contribution is 7.80. The van der Waals surface area contributed by atoms with E-state index in [1.54, 1.807) is 0 Å². The van der Waals surface area contributed by atoms with Crippen LogP contribution in [0.25, 0.3) is 0 Å². The fraction of sp³-hybridized carbons (Fsp3) is 0.522. The zero-order chi connectivity index (χ0) is 20.8. The largest absolute Gasteiger partial charge is 0.358 e. The van der Waals surface area contributed by atoms with E-state index in [0.717, 1.165) is 37.8 Å². The highest BCUT2D eigenvalue weighted by Crippen LogP contribution is 2.26. The molecule has 0 aliphatic carbocycles. The molecule has 0 bridgehead atoms. The summed E-state index contributed by atoms with van der Waals surface area (Å²) in [6.45, 7) is 7.02. The van der Waals surface area contributed by atoms with E-state index in [0.29, 0.717) is 17.6 Å². The lowest BCUT2D eigenvalue weighted by Gasteiger charge is -2.25. The minimum Gasteiger partial charge on any atom is -0.358 e. The topological polar surface area (TPSA) is 56.3 Å². The van der Waals surface area contributed by atoms with Crippen molar-refractivity contribution in [3.8, 4) is 0 Å². The summed E-state index contributed by atoms with van der Waals surface area (Å²) in [7, 11) is 0. The Morgan fingerprint density at radius 2 is 1.40 bits per heavy atom. The van der Waals surface area contributed by atoms with E-state index in [1.807, 2.05) is 0 Å². The highest BCUT2D eigenvalue weighted by atomic mass is 32.1. The number of nitrogens with one attached hydrogen (secondary N) is 2. The van der Waals surface area contributed by atoms with E-state index in [1.165, 1.54) is 49.7 Å². The van der Waals surface area contributed by atoms with E-state index in [9.17, 15) is 0 Å². The molecule has 0 atom stereocenters. The zero-order valence-corrected chi connectivity index (χ0v) is 18.7. The summed E-state index contributed by atoms with van der Waals surface area (Å²) in [5.74, 6) is 2.60. The van der Waals surface area contributed by atoms with Crippen LogP contribution in [0.4, 0.5) is 17.6 Å². The quantitative estimate of drug-likeness (QED) is 0.696. The van der Waals surface area contributed by atoms with Crippen LogP contribution in [0.5, 0.6) is 0 Å². The Labute approximate surface area is 185 Å². The van der Waals surface area contributed by atoms with E-state index < -0.39 is 0 Å². The molecule has 0 spiro atoms. The second-order valence-electron chi connectivity index (χ2n) is 8.30. The molecule has 0 radical (unpaired) electrons. The lowest BCUT2D eigenvalue weighted by molar-refractivity contribution is 0.726. The van der Waals surface area contributed by atoms with Gasteiger partial charge in [-0.2, -0.15) is 9.97 Å². The number of anilines is 3. The Balaban J connectivity index is 1.47. The van der Waals surface area contributed by atoms with Gasteiger partial charge in [-0.15, -0.1) is 0 Å². The molecule has 0 unspecified atom stereocenters. The maximum absolute atomic E-state index is 5.53. The van der Waals surface area contributed by atoms with Crippen molar-refractivity contribution in [1.82, 2.24) is 15.3 Å². The molecule has 7 heteroatoms. The third-order valence-electron chi connectivity index (χ3n) is 5.86. The maximum atomic E-state index is 5.53. The molecule has 30 heavy (non-hydrogen) atoms. The third kappa shape index (κ3) is 5.59. The molecule has 2 N–H and O–H groups in total. The Hall–Kier alpha value is -2.41. The molecule has 2 saturated heterocycles. The summed E-state index contributed by atoms with van der Waals surface area (Å²) in [4.78, 5) is 14.4. The van der Waals surface area contributed by atoms with Crippen LogP contribution in [-0.2, 0) is 6.54 Å². The number of benzene rings is 1. The molecule has 1 aromatic carbocycles. The zero-order valence-electron chi connectivity index (χ0n) is 17.9. The van der Waals surface area contributed by atoms with Gasteiger partial charge in [0.2, 0.25) is 5.95 Å². The Morgan fingerprint density at radius 3 is 1.97 bits per heavy atom. The molecule has 2 aromatic rings. The molecule has 2 aliphatic heterocycles. The van der Waals surface area contributed by atoms with Crippen LogP contribution in [0.2, 0.25) is 0 Å². The van der Waals surface area contributed by atoms with Crippen molar-refractivity contribution in [1.29, 1.82) is 0 Å². The molecule has 2 fully saturated rings. The molecule has 3 heterocycles.